The van der Waals surface area contributed by atoms with E-state index < -0.39 is 0 Å². The van der Waals surface area contributed by atoms with Crippen LogP contribution in [-0.4, -0.2) is 36.7 Å². The number of hydrogen-bond donors (Lipinski definition) is 1. The molecule has 1 atom stereocenters. The van der Waals surface area contributed by atoms with Crippen LogP contribution in [0.4, 0.5) is 0 Å². The third-order valence-electron chi connectivity index (χ3n) is 3.84. The molecule has 0 saturated carbocycles. The second-order valence-corrected chi connectivity index (χ2v) is 8.22. The van der Waals surface area contributed by atoms with E-state index in [9.17, 15) is 4.79 Å². The highest BCUT2D eigenvalue weighted by molar-refractivity contribution is 8.77. The topological polar surface area (TPSA) is 38.3 Å². The summed E-state index contributed by atoms with van der Waals surface area (Å²) in [6, 6.07) is 0. The zero-order valence-electron chi connectivity index (χ0n) is 11.6. The molecule has 1 amide bonds. The molecule has 0 aliphatic carbocycles. The maximum absolute atomic E-state index is 11.7. The van der Waals surface area contributed by atoms with E-state index in [1.165, 1.54) is 25.0 Å². The van der Waals surface area contributed by atoms with Gasteiger partial charge in [0.1, 0.15) is 0 Å². The number of carbonyl (C=O) groups excluding carboxylic acids is 1. The highest BCUT2D eigenvalue weighted by atomic mass is 33.1. The van der Waals surface area contributed by atoms with Crippen LogP contribution in [0.15, 0.2) is 0 Å². The maximum atomic E-state index is 11.7. The molecule has 0 aromatic rings. The van der Waals surface area contributed by atoms with Crippen LogP contribution in [-0.2, 0) is 9.53 Å². The lowest BCUT2D eigenvalue weighted by Crippen LogP contribution is -2.31. The number of nitrogens with one attached hydrogen (secondary N) is 1. The zero-order chi connectivity index (χ0) is 13.3. The molecule has 2 fully saturated rings. The lowest BCUT2D eigenvalue weighted by molar-refractivity contribution is -0.121. The van der Waals surface area contributed by atoms with E-state index in [-0.39, 0.29) is 5.91 Å². The minimum Gasteiger partial charge on any atom is -0.381 e. The van der Waals surface area contributed by atoms with E-state index in [0.29, 0.717) is 12.3 Å². The van der Waals surface area contributed by atoms with Gasteiger partial charge in [-0.3, -0.25) is 4.79 Å². The Balaban J connectivity index is 1.45. The van der Waals surface area contributed by atoms with Crippen molar-refractivity contribution >= 4 is 27.5 Å². The van der Waals surface area contributed by atoms with Crippen molar-refractivity contribution < 1.29 is 9.53 Å². The Kier molecular flexibility index (Phi) is 7.46. The summed E-state index contributed by atoms with van der Waals surface area (Å²) in [7, 11) is 4.03. The third kappa shape index (κ3) is 6.41. The van der Waals surface area contributed by atoms with E-state index in [1.54, 1.807) is 0 Å². The molecule has 2 aliphatic heterocycles. The molecule has 2 rings (SSSR count). The van der Waals surface area contributed by atoms with Crippen molar-refractivity contribution in [3.05, 3.63) is 0 Å². The smallest absolute Gasteiger partial charge is 0.220 e. The van der Waals surface area contributed by atoms with Gasteiger partial charge in [-0.25, -0.2) is 0 Å². The predicted molar refractivity (Wildman–Crippen MR) is 83.5 cm³/mol. The van der Waals surface area contributed by atoms with Crippen molar-refractivity contribution in [1.29, 1.82) is 0 Å². The fourth-order valence-corrected chi connectivity index (χ4v) is 5.55. The van der Waals surface area contributed by atoms with Crippen molar-refractivity contribution in [2.45, 2.75) is 50.2 Å². The molecule has 3 nitrogen and oxygen atoms in total. The Morgan fingerprint density at radius 1 is 1.21 bits per heavy atom. The first kappa shape index (κ1) is 15.5. The average molecular weight is 303 g/mol. The number of carbonyl (C=O) groups is 1. The van der Waals surface area contributed by atoms with Gasteiger partial charge in [-0.1, -0.05) is 28.0 Å². The van der Waals surface area contributed by atoms with E-state index in [2.05, 4.69) is 5.32 Å². The van der Waals surface area contributed by atoms with Crippen LogP contribution in [0.2, 0.25) is 0 Å². The normalized spacial score (nSPS) is 24.5. The van der Waals surface area contributed by atoms with Crippen LogP contribution < -0.4 is 5.32 Å². The second kappa shape index (κ2) is 9.14. The summed E-state index contributed by atoms with van der Waals surface area (Å²) in [5.74, 6) is 2.17. The molecule has 0 spiro atoms. The lowest BCUT2D eigenvalue weighted by Gasteiger charge is -2.22. The van der Waals surface area contributed by atoms with Gasteiger partial charge in [0.2, 0.25) is 5.91 Å². The van der Waals surface area contributed by atoms with Crippen LogP contribution in [0.1, 0.15) is 44.9 Å². The summed E-state index contributed by atoms with van der Waals surface area (Å²) in [6.07, 6.45) is 7.77. The predicted octanol–water partition coefficient (Wildman–Crippen LogP) is 3.24. The summed E-state index contributed by atoms with van der Waals surface area (Å²) in [5, 5.41) is 3.92. The molecular weight excluding hydrogens is 278 g/mol. The minimum absolute atomic E-state index is 0.236. The van der Waals surface area contributed by atoms with Crippen molar-refractivity contribution in [2.75, 3.05) is 25.5 Å². The van der Waals surface area contributed by atoms with Gasteiger partial charge in [-0.2, -0.15) is 0 Å². The standard InChI is InChI=1S/C14H25NO2S2/c16-14(15-11-12-5-8-17-9-6-12)4-2-1-3-13-7-10-18-19-13/h12-13H,1-11H2,(H,15,16). The van der Waals surface area contributed by atoms with E-state index in [4.69, 9.17) is 4.74 Å². The van der Waals surface area contributed by atoms with Crippen LogP contribution >= 0.6 is 21.6 Å². The lowest BCUT2D eigenvalue weighted by atomic mass is 10.0. The number of rotatable bonds is 7. The molecule has 19 heavy (non-hydrogen) atoms. The van der Waals surface area contributed by atoms with Crippen molar-refractivity contribution in [3.63, 3.8) is 0 Å². The van der Waals surface area contributed by atoms with Crippen LogP contribution in [0, 0.1) is 5.92 Å². The van der Waals surface area contributed by atoms with Gasteiger partial charge in [-0.05, 0) is 38.0 Å². The van der Waals surface area contributed by atoms with E-state index in [1.807, 2.05) is 21.6 Å². The Labute approximate surface area is 124 Å². The van der Waals surface area contributed by atoms with Gasteiger partial charge in [-0.15, -0.1) is 0 Å². The van der Waals surface area contributed by atoms with Crippen molar-refractivity contribution in [2.24, 2.45) is 5.92 Å². The van der Waals surface area contributed by atoms with Gasteiger partial charge >= 0.3 is 0 Å². The van der Waals surface area contributed by atoms with Crippen molar-refractivity contribution in [3.8, 4) is 0 Å². The molecule has 5 heteroatoms. The first-order valence-electron chi connectivity index (χ1n) is 7.47. The Morgan fingerprint density at radius 3 is 2.79 bits per heavy atom. The molecule has 0 aromatic carbocycles. The third-order valence-corrected chi connectivity index (χ3v) is 6.84. The Bertz CT molecular complexity index is 264. The average Bonchev–Trinajstić information content (AvgIpc) is 2.96. The molecule has 0 bridgehead atoms. The zero-order valence-corrected chi connectivity index (χ0v) is 13.2. The Morgan fingerprint density at radius 2 is 2.05 bits per heavy atom. The summed E-state index contributed by atoms with van der Waals surface area (Å²) in [5.41, 5.74) is 0. The number of unbranched alkanes of at least 4 members (excludes halogenated alkanes) is 1. The number of amides is 1. The first-order chi connectivity index (χ1) is 9.34. The summed E-state index contributed by atoms with van der Waals surface area (Å²) in [4.78, 5) is 11.7. The highest BCUT2D eigenvalue weighted by Crippen LogP contribution is 2.39. The molecule has 1 unspecified atom stereocenters. The fraction of sp³-hybridized carbons (Fsp3) is 0.929. The molecule has 2 aliphatic rings. The van der Waals surface area contributed by atoms with Crippen LogP contribution in [0.3, 0.4) is 0 Å². The monoisotopic (exact) mass is 303 g/mol. The van der Waals surface area contributed by atoms with Gasteiger partial charge in [0.05, 0.1) is 0 Å². The molecule has 2 heterocycles. The minimum atomic E-state index is 0.236. The van der Waals surface area contributed by atoms with Gasteiger partial charge in [0.25, 0.3) is 0 Å². The first-order valence-corrected chi connectivity index (χ1v) is 9.85. The van der Waals surface area contributed by atoms with Crippen LogP contribution in [0.25, 0.3) is 0 Å². The molecule has 2 saturated heterocycles. The quantitative estimate of drug-likeness (QED) is 0.579. The summed E-state index contributed by atoms with van der Waals surface area (Å²) in [6.45, 7) is 2.56. The summed E-state index contributed by atoms with van der Waals surface area (Å²) >= 11 is 0. The Hall–Kier alpha value is 0.130. The van der Waals surface area contributed by atoms with E-state index in [0.717, 1.165) is 44.3 Å². The maximum Gasteiger partial charge on any atom is 0.220 e. The number of hydrogen-bond acceptors (Lipinski definition) is 4. The van der Waals surface area contributed by atoms with Crippen LogP contribution in [0.5, 0.6) is 0 Å². The molecule has 110 valence electrons. The highest BCUT2D eigenvalue weighted by Gasteiger charge is 2.16. The largest absolute Gasteiger partial charge is 0.381 e. The molecule has 0 aromatic heterocycles. The fourth-order valence-electron chi connectivity index (χ4n) is 2.52. The van der Waals surface area contributed by atoms with E-state index >= 15 is 0 Å². The number of ether oxygens (including phenoxy) is 1. The summed E-state index contributed by atoms with van der Waals surface area (Å²) < 4.78 is 5.32. The molecule has 1 N–H and O–H groups in total. The van der Waals surface area contributed by atoms with Gasteiger partial charge in [0, 0.05) is 37.2 Å². The molecular formula is C14H25NO2S2. The van der Waals surface area contributed by atoms with Gasteiger partial charge < -0.3 is 10.1 Å². The van der Waals surface area contributed by atoms with Crippen molar-refractivity contribution in [1.82, 2.24) is 5.32 Å². The second-order valence-electron chi connectivity index (χ2n) is 5.43. The SMILES string of the molecule is O=C(CCCCC1CCSS1)NCC1CCOCC1. The van der Waals surface area contributed by atoms with Gasteiger partial charge in [0.15, 0.2) is 0 Å². The molecule has 0 radical (unpaired) electrons.